The number of unbranched alkanes of at least 4 members (excludes halogenated alkanes) is 7. The van der Waals surface area contributed by atoms with Crippen LogP contribution in [0.15, 0.2) is 34.5 Å². The fraction of sp³-hybridized carbons (Fsp3) is 0.600. The summed E-state index contributed by atoms with van der Waals surface area (Å²) < 4.78 is 16.6. The molecule has 0 saturated heterocycles. The lowest BCUT2D eigenvalue weighted by Gasteiger charge is -2.12. The average Bonchev–Trinajstić information content (AvgIpc) is 2.74. The molecule has 31 heavy (non-hydrogen) atoms. The second-order valence-corrected chi connectivity index (χ2v) is 7.37. The second-order valence-electron chi connectivity index (χ2n) is 7.37. The van der Waals surface area contributed by atoms with E-state index < -0.39 is 5.97 Å². The Morgan fingerprint density at radius 2 is 1.61 bits per heavy atom. The normalized spacial score (nSPS) is 12.0. The number of carbonyl (C=O) groups is 1. The molecule has 1 aromatic carbocycles. The Balaban J connectivity index is 2.63. The molecule has 0 aliphatic heterocycles. The lowest BCUT2D eigenvalue weighted by molar-refractivity contribution is -0.138. The molecule has 0 bridgehead atoms. The van der Waals surface area contributed by atoms with Crippen molar-refractivity contribution in [1.29, 1.82) is 0 Å². The molecule has 1 aromatic rings. The highest BCUT2D eigenvalue weighted by atomic mass is 16.5. The van der Waals surface area contributed by atoms with Gasteiger partial charge in [-0.25, -0.2) is 4.79 Å². The zero-order chi connectivity index (χ0) is 22.9. The Kier molecular flexibility index (Phi) is 13.9. The number of carbonyl (C=O) groups excluding carboxylic acids is 1. The maximum atomic E-state index is 11.9. The second kappa shape index (κ2) is 16.2. The third-order valence-electron chi connectivity index (χ3n) is 4.71. The Bertz CT molecular complexity index is 708. The predicted molar refractivity (Wildman–Crippen MR) is 126 cm³/mol. The summed E-state index contributed by atoms with van der Waals surface area (Å²) in [6.07, 6.45) is 11.3. The maximum absolute atomic E-state index is 11.9. The summed E-state index contributed by atoms with van der Waals surface area (Å²) in [7, 11) is 0. The number of hydrogen-bond acceptors (Lipinski definition) is 6. The highest BCUT2D eigenvalue weighted by molar-refractivity contribution is 6.10. The number of benzene rings is 1. The molecule has 0 aliphatic carbocycles. The van der Waals surface area contributed by atoms with Gasteiger partial charge in [-0.15, -0.1) is 0 Å². The minimum absolute atomic E-state index is 0.0230. The van der Waals surface area contributed by atoms with E-state index in [9.17, 15) is 9.90 Å². The Morgan fingerprint density at radius 3 is 2.23 bits per heavy atom. The molecule has 0 spiro atoms. The number of aliphatic imine (C=N–C) groups is 1. The van der Waals surface area contributed by atoms with Gasteiger partial charge in [-0.2, -0.15) is 0 Å². The van der Waals surface area contributed by atoms with Crippen LogP contribution in [0.1, 0.15) is 79.1 Å². The van der Waals surface area contributed by atoms with Gasteiger partial charge >= 0.3 is 5.97 Å². The van der Waals surface area contributed by atoms with Crippen LogP contribution in [-0.4, -0.2) is 37.1 Å². The zero-order valence-corrected chi connectivity index (χ0v) is 19.6. The fourth-order valence-electron chi connectivity index (χ4n) is 3.02. The minimum Gasteiger partial charge on any atom is -0.512 e. The third-order valence-corrected chi connectivity index (χ3v) is 4.71. The first-order chi connectivity index (χ1) is 15.0. The summed E-state index contributed by atoms with van der Waals surface area (Å²) in [4.78, 5) is 16.2. The summed E-state index contributed by atoms with van der Waals surface area (Å²) in [6.45, 7) is 8.66. The van der Waals surface area contributed by atoms with Crippen molar-refractivity contribution >= 4 is 17.9 Å². The van der Waals surface area contributed by atoms with Crippen LogP contribution in [0.3, 0.4) is 0 Å². The predicted octanol–water partition coefficient (Wildman–Crippen LogP) is 6.70. The number of ether oxygens (including phenoxy) is 3. The van der Waals surface area contributed by atoms with Gasteiger partial charge < -0.3 is 19.3 Å². The number of hydrogen-bond donors (Lipinski definition) is 1. The number of rotatable bonds is 16. The lowest BCUT2D eigenvalue weighted by atomic mass is 10.1. The van der Waals surface area contributed by atoms with Gasteiger partial charge in [-0.3, -0.25) is 4.99 Å². The van der Waals surface area contributed by atoms with Crippen LogP contribution in [0.25, 0.3) is 0 Å². The molecule has 6 nitrogen and oxygen atoms in total. The summed E-state index contributed by atoms with van der Waals surface area (Å²) in [5.74, 6) is 0.543. The smallest absolute Gasteiger partial charge is 0.343 e. The topological polar surface area (TPSA) is 77.4 Å². The molecule has 1 rings (SSSR count). The third kappa shape index (κ3) is 10.9. The summed E-state index contributed by atoms with van der Waals surface area (Å²) in [5.41, 5.74) is 0.612. The van der Waals surface area contributed by atoms with Crippen molar-refractivity contribution in [3.05, 3.63) is 29.5 Å². The van der Waals surface area contributed by atoms with Crippen molar-refractivity contribution in [2.45, 2.75) is 79.1 Å². The molecule has 0 atom stereocenters. The summed E-state index contributed by atoms with van der Waals surface area (Å²) >= 11 is 0. The van der Waals surface area contributed by atoms with E-state index in [1.54, 1.807) is 19.1 Å². The van der Waals surface area contributed by atoms with Crippen molar-refractivity contribution in [3.8, 4) is 11.5 Å². The highest BCUT2D eigenvalue weighted by Gasteiger charge is 2.12. The summed E-state index contributed by atoms with van der Waals surface area (Å²) in [5, 5.41) is 9.73. The molecule has 0 unspecified atom stereocenters. The monoisotopic (exact) mass is 433 g/mol. The van der Waals surface area contributed by atoms with Gasteiger partial charge in [0.05, 0.1) is 25.5 Å². The molecule has 174 valence electrons. The van der Waals surface area contributed by atoms with Crippen LogP contribution in [0, 0.1) is 0 Å². The molecule has 0 heterocycles. The van der Waals surface area contributed by atoms with E-state index in [1.807, 2.05) is 13.0 Å². The molecule has 0 aliphatic rings. The molecule has 0 radical (unpaired) electrons. The van der Waals surface area contributed by atoms with Crippen LogP contribution < -0.4 is 9.47 Å². The lowest BCUT2D eigenvalue weighted by Crippen LogP contribution is -2.10. The van der Waals surface area contributed by atoms with Gasteiger partial charge in [0.25, 0.3) is 0 Å². The average molecular weight is 434 g/mol. The highest BCUT2D eigenvalue weighted by Crippen LogP contribution is 2.32. The number of aliphatic hydroxyl groups excluding tert-OH is 1. The molecular weight excluding hydrogens is 394 g/mol. The van der Waals surface area contributed by atoms with Crippen molar-refractivity contribution < 1.29 is 24.1 Å². The van der Waals surface area contributed by atoms with Gasteiger partial charge in [-0.1, -0.05) is 51.9 Å². The SMILES string of the molecule is CCCCCCCCCCOc1ccc(N=CC(C(=O)OCC)=C(C)O)cc1OCC. The van der Waals surface area contributed by atoms with E-state index in [2.05, 4.69) is 11.9 Å². The first kappa shape index (κ1) is 26.5. The standard InChI is InChI=1S/C25H39NO5/c1-5-8-9-10-11-12-13-14-17-31-23-16-15-21(18-24(23)29-6-2)26-19-22(20(4)27)25(28)30-7-3/h15-16,18-19,27H,5-14,17H2,1-4H3. The Hall–Kier alpha value is -2.50. The van der Waals surface area contributed by atoms with Gasteiger partial charge in [0.1, 0.15) is 11.3 Å². The van der Waals surface area contributed by atoms with Gasteiger partial charge in [0, 0.05) is 12.3 Å². The molecule has 0 amide bonds. The first-order valence-electron chi connectivity index (χ1n) is 11.5. The number of esters is 1. The molecular formula is C25H39NO5. The fourth-order valence-corrected chi connectivity index (χ4v) is 3.02. The molecule has 0 aromatic heterocycles. The van der Waals surface area contributed by atoms with Crippen LogP contribution in [-0.2, 0) is 9.53 Å². The van der Waals surface area contributed by atoms with E-state index in [4.69, 9.17) is 14.2 Å². The van der Waals surface area contributed by atoms with Crippen LogP contribution >= 0.6 is 0 Å². The number of allylic oxidation sites excluding steroid dienone is 1. The Morgan fingerprint density at radius 1 is 0.935 bits per heavy atom. The van der Waals surface area contributed by atoms with E-state index in [0.29, 0.717) is 30.4 Å². The summed E-state index contributed by atoms with van der Waals surface area (Å²) in [6, 6.07) is 5.37. The number of aliphatic hydroxyl groups is 1. The van der Waals surface area contributed by atoms with Crippen LogP contribution in [0.4, 0.5) is 5.69 Å². The Labute approximate surface area is 187 Å². The van der Waals surface area contributed by atoms with Crippen LogP contribution in [0.5, 0.6) is 11.5 Å². The molecule has 1 N–H and O–H groups in total. The van der Waals surface area contributed by atoms with E-state index in [1.165, 1.54) is 58.1 Å². The number of nitrogens with zero attached hydrogens (tertiary/aromatic N) is 1. The van der Waals surface area contributed by atoms with Crippen molar-refractivity contribution in [2.75, 3.05) is 19.8 Å². The zero-order valence-electron chi connectivity index (χ0n) is 19.6. The van der Waals surface area contributed by atoms with E-state index >= 15 is 0 Å². The van der Waals surface area contributed by atoms with Crippen molar-refractivity contribution in [1.82, 2.24) is 0 Å². The van der Waals surface area contributed by atoms with Crippen molar-refractivity contribution in [2.24, 2.45) is 4.99 Å². The first-order valence-corrected chi connectivity index (χ1v) is 11.5. The van der Waals surface area contributed by atoms with Gasteiger partial charge in [0.15, 0.2) is 11.5 Å². The van der Waals surface area contributed by atoms with E-state index in [0.717, 1.165) is 6.42 Å². The molecule has 6 heteroatoms. The minimum atomic E-state index is -0.610. The van der Waals surface area contributed by atoms with Gasteiger partial charge in [0.2, 0.25) is 0 Å². The largest absolute Gasteiger partial charge is 0.512 e. The quantitative estimate of drug-likeness (QED) is 0.103. The molecule has 0 saturated carbocycles. The van der Waals surface area contributed by atoms with Gasteiger partial charge in [-0.05, 0) is 39.3 Å². The van der Waals surface area contributed by atoms with Crippen molar-refractivity contribution in [3.63, 3.8) is 0 Å². The van der Waals surface area contributed by atoms with E-state index in [-0.39, 0.29) is 17.9 Å². The maximum Gasteiger partial charge on any atom is 0.343 e. The molecule has 0 fully saturated rings. The van der Waals surface area contributed by atoms with Crippen LogP contribution in [0.2, 0.25) is 0 Å².